The molecular formula is C18H26ClN3O3. The molecule has 1 N–H and O–H groups in total. The van der Waals surface area contributed by atoms with Crippen molar-refractivity contribution in [2.75, 3.05) is 46.3 Å². The maximum absolute atomic E-state index is 12.4. The molecule has 1 amide bonds. The van der Waals surface area contributed by atoms with Gasteiger partial charge in [-0.15, -0.1) is 0 Å². The van der Waals surface area contributed by atoms with Crippen LogP contribution in [-0.2, 0) is 16.1 Å². The molecule has 1 atom stereocenters. The number of amides is 1. The lowest BCUT2D eigenvalue weighted by Gasteiger charge is -2.35. The van der Waals surface area contributed by atoms with Crippen molar-refractivity contribution in [3.05, 3.63) is 34.9 Å². The van der Waals surface area contributed by atoms with Gasteiger partial charge < -0.3 is 10.0 Å². The summed E-state index contributed by atoms with van der Waals surface area (Å²) >= 11 is 6.02. The van der Waals surface area contributed by atoms with E-state index >= 15 is 0 Å². The van der Waals surface area contributed by atoms with Gasteiger partial charge in [0.15, 0.2) is 0 Å². The highest BCUT2D eigenvalue weighted by molar-refractivity contribution is 6.30. The second-order valence-electron chi connectivity index (χ2n) is 6.72. The van der Waals surface area contributed by atoms with Crippen LogP contribution in [0.1, 0.15) is 12.5 Å². The zero-order chi connectivity index (χ0) is 18.4. The fraction of sp³-hybridized carbons (Fsp3) is 0.556. The van der Waals surface area contributed by atoms with Crippen molar-refractivity contribution < 1.29 is 14.7 Å². The van der Waals surface area contributed by atoms with Gasteiger partial charge in [-0.3, -0.25) is 19.4 Å². The highest BCUT2D eigenvalue weighted by Gasteiger charge is 2.23. The summed E-state index contributed by atoms with van der Waals surface area (Å²) in [5, 5.41) is 9.69. The molecule has 138 valence electrons. The normalized spacial score (nSPS) is 16.9. The van der Waals surface area contributed by atoms with E-state index < -0.39 is 11.9 Å². The highest BCUT2D eigenvalue weighted by Crippen LogP contribution is 2.14. The fourth-order valence-electron chi connectivity index (χ4n) is 2.99. The number of likely N-dealkylation sites (N-methyl/N-ethyl adjacent to an activating group) is 1. The Morgan fingerprint density at radius 1 is 1.28 bits per heavy atom. The smallest absolute Gasteiger partial charge is 0.307 e. The van der Waals surface area contributed by atoms with Crippen LogP contribution in [0.5, 0.6) is 0 Å². The first-order valence-electron chi connectivity index (χ1n) is 8.51. The molecule has 0 spiro atoms. The Labute approximate surface area is 154 Å². The molecule has 6 nitrogen and oxygen atoms in total. The summed E-state index contributed by atoms with van der Waals surface area (Å²) in [6.07, 6.45) is 0. The second-order valence-corrected chi connectivity index (χ2v) is 7.16. The summed E-state index contributed by atoms with van der Waals surface area (Å²) in [7, 11) is 1.78. The van der Waals surface area contributed by atoms with Crippen LogP contribution < -0.4 is 0 Å². The first-order valence-corrected chi connectivity index (χ1v) is 8.89. The van der Waals surface area contributed by atoms with Gasteiger partial charge in [-0.25, -0.2) is 0 Å². The van der Waals surface area contributed by atoms with Crippen LogP contribution in [0.2, 0.25) is 5.02 Å². The number of nitrogens with zero attached hydrogens (tertiary/aromatic N) is 3. The van der Waals surface area contributed by atoms with Crippen molar-refractivity contribution in [3.8, 4) is 0 Å². The molecule has 1 aliphatic heterocycles. The van der Waals surface area contributed by atoms with Crippen LogP contribution in [0.15, 0.2) is 24.3 Å². The van der Waals surface area contributed by atoms with Crippen molar-refractivity contribution in [1.82, 2.24) is 14.7 Å². The van der Waals surface area contributed by atoms with Gasteiger partial charge in [0.25, 0.3) is 0 Å². The largest absolute Gasteiger partial charge is 0.481 e. The van der Waals surface area contributed by atoms with E-state index in [2.05, 4.69) is 11.0 Å². The molecule has 2 rings (SSSR count). The van der Waals surface area contributed by atoms with E-state index in [0.29, 0.717) is 19.6 Å². The quantitative estimate of drug-likeness (QED) is 0.793. The van der Waals surface area contributed by atoms with E-state index in [1.165, 1.54) is 5.56 Å². The number of carboxylic acid groups (broad SMARTS) is 1. The van der Waals surface area contributed by atoms with E-state index in [1.54, 1.807) is 18.9 Å². The Bertz CT molecular complexity index is 603. The SMILES string of the molecule is CC(CN(C)CC(=O)N1CCN(Cc2cccc(Cl)c2)CC1)C(=O)O. The fourth-order valence-corrected chi connectivity index (χ4v) is 3.20. The highest BCUT2D eigenvalue weighted by atomic mass is 35.5. The Kier molecular flexibility index (Phi) is 7.23. The molecule has 7 heteroatoms. The van der Waals surface area contributed by atoms with Gasteiger partial charge in [0.05, 0.1) is 12.5 Å². The van der Waals surface area contributed by atoms with Crippen molar-refractivity contribution in [1.29, 1.82) is 0 Å². The van der Waals surface area contributed by atoms with E-state index in [-0.39, 0.29) is 12.5 Å². The summed E-state index contributed by atoms with van der Waals surface area (Å²) in [6, 6.07) is 7.84. The van der Waals surface area contributed by atoms with Crippen LogP contribution in [0.3, 0.4) is 0 Å². The standard InChI is InChI=1S/C18H26ClN3O3/c1-14(18(24)25)11-20(2)13-17(23)22-8-6-21(7-9-22)12-15-4-3-5-16(19)10-15/h3-5,10,14H,6-9,11-13H2,1-2H3,(H,24,25). The summed E-state index contributed by atoms with van der Waals surface area (Å²) in [6.45, 7) is 6.16. The predicted molar refractivity (Wildman–Crippen MR) is 97.6 cm³/mol. The monoisotopic (exact) mass is 367 g/mol. The Morgan fingerprint density at radius 3 is 2.56 bits per heavy atom. The van der Waals surface area contributed by atoms with Gasteiger partial charge in [-0.2, -0.15) is 0 Å². The van der Waals surface area contributed by atoms with Crippen LogP contribution in [0, 0.1) is 5.92 Å². The number of hydrogen-bond acceptors (Lipinski definition) is 4. The van der Waals surface area contributed by atoms with Crippen LogP contribution in [0.4, 0.5) is 0 Å². The first-order chi connectivity index (χ1) is 11.8. The maximum Gasteiger partial charge on any atom is 0.307 e. The zero-order valence-electron chi connectivity index (χ0n) is 14.8. The van der Waals surface area contributed by atoms with Gasteiger partial charge >= 0.3 is 5.97 Å². The molecule has 1 heterocycles. The van der Waals surface area contributed by atoms with Gasteiger partial charge in [-0.05, 0) is 24.7 Å². The zero-order valence-corrected chi connectivity index (χ0v) is 15.6. The predicted octanol–water partition coefficient (Wildman–Crippen LogP) is 1.64. The van der Waals surface area contributed by atoms with Crippen molar-refractivity contribution in [2.24, 2.45) is 5.92 Å². The Morgan fingerprint density at radius 2 is 1.96 bits per heavy atom. The molecule has 1 aromatic carbocycles. The lowest BCUT2D eigenvalue weighted by atomic mass is 10.1. The second kappa shape index (κ2) is 9.17. The summed E-state index contributed by atoms with van der Waals surface area (Å²) in [5.74, 6) is -1.26. The van der Waals surface area contributed by atoms with Crippen LogP contribution in [0.25, 0.3) is 0 Å². The lowest BCUT2D eigenvalue weighted by molar-refractivity contribution is -0.142. The topological polar surface area (TPSA) is 64.1 Å². The molecule has 1 fully saturated rings. The molecule has 0 bridgehead atoms. The van der Waals surface area contributed by atoms with Gasteiger partial charge in [-0.1, -0.05) is 30.7 Å². The molecule has 1 saturated heterocycles. The third kappa shape index (κ3) is 6.30. The van der Waals surface area contributed by atoms with Gasteiger partial charge in [0.2, 0.25) is 5.91 Å². The molecule has 25 heavy (non-hydrogen) atoms. The molecular weight excluding hydrogens is 342 g/mol. The summed E-state index contributed by atoms with van der Waals surface area (Å²) in [5.41, 5.74) is 1.18. The van der Waals surface area contributed by atoms with Crippen LogP contribution in [-0.4, -0.2) is 78.0 Å². The molecule has 1 unspecified atom stereocenters. The van der Waals surface area contributed by atoms with E-state index in [1.807, 2.05) is 23.1 Å². The Balaban J connectivity index is 1.75. The molecule has 0 radical (unpaired) electrons. The molecule has 0 aromatic heterocycles. The minimum Gasteiger partial charge on any atom is -0.481 e. The van der Waals surface area contributed by atoms with E-state index in [0.717, 1.165) is 24.7 Å². The maximum atomic E-state index is 12.4. The lowest BCUT2D eigenvalue weighted by Crippen LogP contribution is -2.50. The van der Waals surface area contributed by atoms with Crippen molar-refractivity contribution in [3.63, 3.8) is 0 Å². The summed E-state index contributed by atoms with van der Waals surface area (Å²) in [4.78, 5) is 29.2. The minimum atomic E-state index is -0.839. The van der Waals surface area contributed by atoms with Crippen molar-refractivity contribution >= 4 is 23.5 Å². The van der Waals surface area contributed by atoms with Gasteiger partial charge in [0.1, 0.15) is 0 Å². The molecule has 1 aromatic rings. The molecule has 0 saturated carbocycles. The van der Waals surface area contributed by atoms with Gasteiger partial charge in [0, 0.05) is 44.3 Å². The number of carboxylic acids is 1. The third-order valence-corrected chi connectivity index (χ3v) is 4.67. The van der Waals surface area contributed by atoms with E-state index in [9.17, 15) is 9.59 Å². The van der Waals surface area contributed by atoms with Crippen LogP contribution >= 0.6 is 11.6 Å². The number of carbonyl (C=O) groups excluding carboxylic acids is 1. The molecule has 1 aliphatic rings. The number of halogens is 1. The number of aliphatic carboxylic acids is 1. The minimum absolute atomic E-state index is 0.0579. The number of hydrogen-bond donors (Lipinski definition) is 1. The van der Waals surface area contributed by atoms with Crippen molar-refractivity contribution in [2.45, 2.75) is 13.5 Å². The number of piperazine rings is 1. The van der Waals surface area contributed by atoms with E-state index in [4.69, 9.17) is 16.7 Å². The number of carbonyl (C=O) groups is 2. The third-order valence-electron chi connectivity index (χ3n) is 4.43. The average Bonchev–Trinajstić information content (AvgIpc) is 2.55. The summed E-state index contributed by atoms with van der Waals surface area (Å²) < 4.78 is 0. The number of rotatable bonds is 7. The average molecular weight is 368 g/mol. The number of benzene rings is 1. The molecule has 0 aliphatic carbocycles. The Hall–Kier alpha value is -1.63. The first kappa shape index (κ1) is 19.7.